The van der Waals surface area contributed by atoms with Gasteiger partial charge in [0.05, 0.1) is 30.3 Å². The number of esters is 1. The van der Waals surface area contributed by atoms with Crippen molar-refractivity contribution in [2.45, 2.75) is 19.5 Å². The lowest BCUT2D eigenvalue weighted by molar-refractivity contribution is 0.0600. The predicted molar refractivity (Wildman–Crippen MR) is 111 cm³/mol. The molecule has 146 valence electrons. The third-order valence-corrected chi connectivity index (χ3v) is 5.64. The zero-order valence-corrected chi connectivity index (χ0v) is 16.6. The van der Waals surface area contributed by atoms with Gasteiger partial charge < -0.3 is 14.2 Å². The molecule has 1 unspecified atom stereocenters. The number of ether oxygens (including phenoxy) is 1. The third-order valence-electron chi connectivity index (χ3n) is 5.64. The number of carbonyl (C=O) groups excluding carboxylic acids is 1. The van der Waals surface area contributed by atoms with Crippen LogP contribution in [0.15, 0.2) is 48.5 Å². The van der Waals surface area contributed by atoms with Crippen molar-refractivity contribution in [3.8, 4) is 0 Å². The smallest absolute Gasteiger partial charge is 0.337 e. The van der Waals surface area contributed by atoms with Crippen LogP contribution in [-0.2, 0) is 18.3 Å². The van der Waals surface area contributed by atoms with Crippen molar-refractivity contribution in [1.82, 2.24) is 14.5 Å². The number of piperazine rings is 1. The van der Waals surface area contributed by atoms with E-state index in [1.54, 1.807) is 0 Å². The summed E-state index contributed by atoms with van der Waals surface area (Å²) in [5.41, 5.74) is 3.95. The van der Waals surface area contributed by atoms with Crippen molar-refractivity contribution in [2.24, 2.45) is 7.05 Å². The number of nitrogens with zero attached hydrogens (tertiary/aromatic N) is 4. The molecule has 1 saturated heterocycles. The SMILES string of the molecule is COC(=O)c1ccc(N2CCN(Cc3nc4ccccc4n3C)C(C)C2)cc1. The van der Waals surface area contributed by atoms with E-state index in [1.807, 2.05) is 30.3 Å². The van der Waals surface area contributed by atoms with Gasteiger partial charge in [-0.1, -0.05) is 12.1 Å². The normalized spacial score (nSPS) is 17.8. The summed E-state index contributed by atoms with van der Waals surface area (Å²) in [6, 6.07) is 16.3. The summed E-state index contributed by atoms with van der Waals surface area (Å²) < 4.78 is 6.97. The lowest BCUT2D eigenvalue weighted by atomic mass is 10.1. The molecule has 6 nitrogen and oxygen atoms in total. The number of fused-ring (bicyclic) bond motifs is 1. The second-order valence-corrected chi connectivity index (χ2v) is 7.38. The standard InChI is InChI=1S/C22H26N4O2/c1-16-14-26(18-10-8-17(9-11-18)22(27)28-3)13-12-25(16)15-21-23-19-6-4-5-7-20(19)24(21)2/h4-11,16H,12-15H2,1-3H3. The van der Waals surface area contributed by atoms with Crippen LogP contribution in [0.5, 0.6) is 0 Å². The van der Waals surface area contributed by atoms with Crippen molar-refractivity contribution in [2.75, 3.05) is 31.6 Å². The van der Waals surface area contributed by atoms with E-state index in [9.17, 15) is 4.79 Å². The Hall–Kier alpha value is -2.86. The molecule has 0 aliphatic carbocycles. The van der Waals surface area contributed by atoms with Crippen LogP contribution < -0.4 is 4.90 Å². The molecule has 2 aromatic carbocycles. The minimum absolute atomic E-state index is 0.299. The molecular formula is C22H26N4O2. The highest BCUT2D eigenvalue weighted by Gasteiger charge is 2.25. The monoisotopic (exact) mass is 378 g/mol. The number of imidazole rings is 1. The van der Waals surface area contributed by atoms with Gasteiger partial charge in [0.1, 0.15) is 5.82 Å². The number of hydrogen-bond acceptors (Lipinski definition) is 5. The average Bonchev–Trinajstić information content (AvgIpc) is 3.05. The number of hydrogen-bond donors (Lipinski definition) is 0. The molecule has 0 N–H and O–H groups in total. The van der Waals surface area contributed by atoms with Crippen LogP contribution in [0, 0.1) is 0 Å². The van der Waals surface area contributed by atoms with Crippen molar-refractivity contribution < 1.29 is 9.53 Å². The third kappa shape index (κ3) is 3.47. The van der Waals surface area contributed by atoms with E-state index in [2.05, 4.69) is 46.5 Å². The molecule has 4 rings (SSSR count). The minimum Gasteiger partial charge on any atom is -0.465 e. The largest absolute Gasteiger partial charge is 0.465 e. The van der Waals surface area contributed by atoms with Gasteiger partial charge in [0.25, 0.3) is 0 Å². The van der Waals surface area contributed by atoms with Gasteiger partial charge in [-0.25, -0.2) is 9.78 Å². The molecule has 0 radical (unpaired) electrons. The summed E-state index contributed by atoms with van der Waals surface area (Å²) in [5, 5.41) is 0. The van der Waals surface area contributed by atoms with Crippen molar-refractivity contribution in [3.05, 3.63) is 59.9 Å². The molecule has 1 aromatic heterocycles. The number of para-hydroxylation sites is 2. The van der Waals surface area contributed by atoms with E-state index in [0.29, 0.717) is 11.6 Å². The summed E-state index contributed by atoms with van der Waals surface area (Å²) >= 11 is 0. The van der Waals surface area contributed by atoms with Gasteiger partial charge in [-0.2, -0.15) is 0 Å². The summed E-state index contributed by atoms with van der Waals surface area (Å²) in [6.45, 7) is 5.98. The van der Waals surface area contributed by atoms with Gasteiger partial charge in [0.15, 0.2) is 0 Å². The minimum atomic E-state index is -0.299. The molecule has 3 aromatic rings. The van der Waals surface area contributed by atoms with Crippen molar-refractivity contribution in [3.63, 3.8) is 0 Å². The highest BCUT2D eigenvalue weighted by Crippen LogP contribution is 2.22. The quantitative estimate of drug-likeness (QED) is 0.653. The first kappa shape index (κ1) is 18.5. The molecular weight excluding hydrogens is 352 g/mol. The molecule has 1 aliphatic heterocycles. The summed E-state index contributed by atoms with van der Waals surface area (Å²) in [5.74, 6) is 0.802. The molecule has 6 heteroatoms. The highest BCUT2D eigenvalue weighted by atomic mass is 16.5. The zero-order valence-electron chi connectivity index (χ0n) is 16.6. The second kappa shape index (κ2) is 7.64. The fourth-order valence-electron chi connectivity index (χ4n) is 3.91. The molecule has 1 fully saturated rings. The molecule has 0 spiro atoms. The Balaban J connectivity index is 1.43. The Kier molecular flexibility index (Phi) is 5.05. The Morgan fingerprint density at radius 2 is 1.89 bits per heavy atom. The Labute approximate surface area is 165 Å². The van der Waals surface area contributed by atoms with Gasteiger partial charge in [0, 0.05) is 38.4 Å². The lowest BCUT2D eigenvalue weighted by Gasteiger charge is -2.40. The molecule has 0 bridgehead atoms. The van der Waals surface area contributed by atoms with Gasteiger partial charge in [-0.05, 0) is 43.3 Å². The van der Waals surface area contributed by atoms with E-state index < -0.39 is 0 Å². The van der Waals surface area contributed by atoms with Crippen LogP contribution >= 0.6 is 0 Å². The fraction of sp³-hybridized carbons (Fsp3) is 0.364. The molecule has 0 amide bonds. The molecule has 2 heterocycles. The maximum absolute atomic E-state index is 11.6. The number of methoxy groups -OCH3 is 1. The molecule has 1 atom stereocenters. The molecule has 1 aliphatic rings. The summed E-state index contributed by atoms with van der Waals surface area (Å²) in [4.78, 5) is 21.3. The number of rotatable bonds is 4. The van der Waals surface area contributed by atoms with Crippen LogP contribution in [0.25, 0.3) is 11.0 Å². The number of aryl methyl sites for hydroxylation is 1. The van der Waals surface area contributed by atoms with E-state index in [1.165, 1.54) is 12.6 Å². The number of aromatic nitrogens is 2. The van der Waals surface area contributed by atoms with E-state index in [0.717, 1.165) is 43.2 Å². The van der Waals surface area contributed by atoms with Crippen LogP contribution in [0.3, 0.4) is 0 Å². The first-order chi connectivity index (χ1) is 13.6. The average molecular weight is 378 g/mol. The first-order valence-electron chi connectivity index (χ1n) is 9.64. The Bertz CT molecular complexity index is 980. The number of carbonyl (C=O) groups is 1. The van der Waals surface area contributed by atoms with Crippen molar-refractivity contribution >= 4 is 22.7 Å². The van der Waals surface area contributed by atoms with Crippen LogP contribution in [-0.4, -0.2) is 53.2 Å². The lowest BCUT2D eigenvalue weighted by Crippen LogP contribution is -2.51. The summed E-state index contributed by atoms with van der Waals surface area (Å²) in [6.07, 6.45) is 0. The zero-order chi connectivity index (χ0) is 19.7. The number of anilines is 1. The topological polar surface area (TPSA) is 50.6 Å². The van der Waals surface area contributed by atoms with Gasteiger partial charge >= 0.3 is 5.97 Å². The van der Waals surface area contributed by atoms with Gasteiger partial charge in [0.2, 0.25) is 0 Å². The number of benzene rings is 2. The molecule has 0 saturated carbocycles. The maximum Gasteiger partial charge on any atom is 0.337 e. The Morgan fingerprint density at radius 3 is 2.57 bits per heavy atom. The van der Waals surface area contributed by atoms with Gasteiger partial charge in [-0.3, -0.25) is 4.90 Å². The maximum atomic E-state index is 11.6. The fourth-order valence-corrected chi connectivity index (χ4v) is 3.91. The Morgan fingerprint density at radius 1 is 1.14 bits per heavy atom. The first-order valence-corrected chi connectivity index (χ1v) is 9.64. The second-order valence-electron chi connectivity index (χ2n) is 7.38. The van der Waals surface area contributed by atoms with Crippen LogP contribution in [0.2, 0.25) is 0 Å². The summed E-state index contributed by atoms with van der Waals surface area (Å²) in [7, 11) is 3.50. The van der Waals surface area contributed by atoms with Crippen molar-refractivity contribution in [1.29, 1.82) is 0 Å². The molecule has 28 heavy (non-hydrogen) atoms. The van der Waals surface area contributed by atoms with Crippen LogP contribution in [0.4, 0.5) is 5.69 Å². The highest BCUT2D eigenvalue weighted by molar-refractivity contribution is 5.89. The van der Waals surface area contributed by atoms with Gasteiger partial charge in [-0.15, -0.1) is 0 Å². The van der Waals surface area contributed by atoms with E-state index in [4.69, 9.17) is 9.72 Å². The van der Waals surface area contributed by atoms with E-state index in [-0.39, 0.29) is 5.97 Å². The predicted octanol–water partition coefficient (Wildman–Crippen LogP) is 3.07. The van der Waals surface area contributed by atoms with E-state index >= 15 is 0 Å². The van der Waals surface area contributed by atoms with Crippen LogP contribution in [0.1, 0.15) is 23.1 Å².